The standard InChI is InChI=1S/C29H56NSSi.CH3.2ClH.Ti/c1-21-22(2)27(25-23-17-13-14-18-24(23)31-26(21)25)32(9,30-29(6,7)8)20-16-12-10-11-15-19-28(3,4)5;;;;/h21-27H,10-20H2,1-9H3;1H3;2*1H;/q2*-1;;;+2/p-2. The zero-order valence-electron chi connectivity index (χ0n) is 25.4. The van der Waals surface area contributed by atoms with Crippen molar-refractivity contribution in [1.29, 1.82) is 0 Å². The maximum atomic E-state index is 5.80. The fourth-order valence-electron chi connectivity index (χ4n) is 7.91. The summed E-state index contributed by atoms with van der Waals surface area (Å²) < 4.78 is 0. The van der Waals surface area contributed by atoms with Gasteiger partial charge in [-0.1, -0.05) is 127 Å². The molecule has 0 spiro atoms. The number of unbranched alkanes of at least 4 members (excludes halogenated alkanes) is 4. The second-order valence-corrected chi connectivity index (χ2v) is 22.6. The van der Waals surface area contributed by atoms with E-state index in [4.69, 9.17) is 23.6 Å². The van der Waals surface area contributed by atoms with E-state index in [9.17, 15) is 0 Å². The number of rotatable bonds is 9. The van der Waals surface area contributed by atoms with Crippen LogP contribution in [-0.4, -0.2) is 24.3 Å². The maximum absolute atomic E-state index is 5.80. The first-order valence-electron chi connectivity index (χ1n) is 14.6. The van der Waals surface area contributed by atoms with Gasteiger partial charge in [-0.2, -0.15) is 11.8 Å². The Bertz CT molecular complexity index is 623. The van der Waals surface area contributed by atoms with Crippen LogP contribution >= 0.6 is 30.4 Å². The Kier molecular flexibility index (Phi) is 15.7. The fraction of sp³-hybridized carbons (Fsp3) is 0.967. The minimum absolute atomic E-state index is 0. The Labute approximate surface area is 249 Å². The SMILES string of the molecule is CC1C(C)C([Si](C)(CCCCCCCC(C)(C)C)[N-]C(C)(C)C)C2C3CCCCC3SC12.[CH3-].[Cl][Ti][Cl]. The van der Waals surface area contributed by atoms with Gasteiger partial charge in [-0.25, -0.2) is 0 Å². The van der Waals surface area contributed by atoms with Gasteiger partial charge in [-0.05, 0) is 48.3 Å². The molecular formula is C30H59Cl2NSSiTi-2. The van der Waals surface area contributed by atoms with Crippen LogP contribution < -0.4 is 0 Å². The van der Waals surface area contributed by atoms with E-state index in [0.29, 0.717) is 5.41 Å². The van der Waals surface area contributed by atoms with E-state index in [1.165, 1.54) is 70.3 Å². The Morgan fingerprint density at radius 2 is 1.44 bits per heavy atom. The van der Waals surface area contributed by atoms with Crippen LogP contribution in [0.4, 0.5) is 0 Å². The summed E-state index contributed by atoms with van der Waals surface area (Å²) in [4.78, 5) is 5.80. The Morgan fingerprint density at radius 3 is 2.03 bits per heavy atom. The van der Waals surface area contributed by atoms with Crippen LogP contribution in [0.15, 0.2) is 0 Å². The Hall–Kier alpha value is 1.82. The van der Waals surface area contributed by atoms with E-state index in [-0.39, 0.29) is 13.0 Å². The van der Waals surface area contributed by atoms with Gasteiger partial charge in [0.15, 0.2) is 0 Å². The predicted molar refractivity (Wildman–Crippen MR) is 168 cm³/mol. The van der Waals surface area contributed by atoms with Crippen LogP contribution in [0.1, 0.15) is 120 Å². The third-order valence-corrected chi connectivity index (χ3v) is 16.1. The van der Waals surface area contributed by atoms with Gasteiger partial charge in [-0.3, -0.25) is 0 Å². The van der Waals surface area contributed by atoms with Gasteiger partial charge in [0.25, 0.3) is 0 Å². The Balaban J connectivity index is 0.00000154. The summed E-state index contributed by atoms with van der Waals surface area (Å²) in [5, 5.41) is 1.91. The van der Waals surface area contributed by atoms with Crippen LogP contribution in [0.5, 0.6) is 0 Å². The van der Waals surface area contributed by atoms with Crippen LogP contribution in [0.3, 0.4) is 0 Å². The van der Waals surface area contributed by atoms with Crippen molar-refractivity contribution in [2.75, 3.05) is 0 Å². The summed E-state index contributed by atoms with van der Waals surface area (Å²) in [5.41, 5.74) is 1.54. The molecule has 0 amide bonds. The van der Waals surface area contributed by atoms with Crippen molar-refractivity contribution in [2.24, 2.45) is 29.1 Å². The first-order valence-corrected chi connectivity index (χ1v) is 22.6. The zero-order chi connectivity index (χ0) is 26.4. The summed E-state index contributed by atoms with van der Waals surface area (Å²) in [7, 11) is 8.07. The molecule has 8 unspecified atom stereocenters. The van der Waals surface area contributed by atoms with Crippen LogP contribution in [-0.2, 0) is 17.0 Å². The minimum atomic E-state index is -1.71. The molecule has 0 aromatic carbocycles. The first-order chi connectivity index (χ1) is 16.2. The monoisotopic (exact) mass is 611 g/mol. The molecule has 2 aliphatic carbocycles. The molecule has 1 aliphatic heterocycles. The van der Waals surface area contributed by atoms with E-state index in [1.54, 1.807) is 0 Å². The molecule has 0 bridgehead atoms. The van der Waals surface area contributed by atoms with E-state index in [2.05, 4.69) is 73.7 Å². The molecule has 0 aromatic rings. The Morgan fingerprint density at radius 1 is 0.889 bits per heavy atom. The van der Waals surface area contributed by atoms with Crippen molar-refractivity contribution >= 4 is 38.6 Å². The van der Waals surface area contributed by atoms with E-state index in [0.717, 1.165) is 39.7 Å². The second kappa shape index (κ2) is 15.7. The second-order valence-electron chi connectivity index (χ2n) is 14.4. The van der Waals surface area contributed by atoms with Gasteiger partial charge in [0.1, 0.15) is 0 Å². The summed E-state index contributed by atoms with van der Waals surface area (Å²) >= 11 is 1.88. The molecule has 0 N–H and O–H groups in total. The van der Waals surface area contributed by atoms with Gasteiger partial charge in [0.05, 0.1) is 0 Å². The van der Waals surface area contributed by atoms with Crippen LogP contribution in [0.25, 0.3) is 4.98 Å². The number of fused-ring (bicyclic) bond motifs is 3. The zero-order valence-corrected chi connectivity index (χ0v) is 30.3. The number of halogens is 2. The van der Waals surface area contributed by atoms with E-state index in [1.807, 2.05) is 0 Å². The molecule has 3 fully saturated rings. The molecule has 1 heterocycles. The molecule has 214 valence electrons. The van der Waals surface area contributed by atoms with Crippen molar-refractivity contribution in [3.63, 3.8) is 0 Å². The third-order valence-electron chi connectivity index (χ3n) is 9.21. The molecule has 0 radical (unpaired) electrons. The van der Waals surface area contributed by atoms with E-state index >= 15 is 0 Å². The fourth-order valence-corrected chi connectivity index (χ4v) is 16.1. The summed E-state index contributed by atoms with van der Waals surface area (Å²) in [6.45, 7) is 22.2. The molecule has 6 heteroatoms. The molecule has 1 saturated heterocycles. The van der Waals surface area contributed by atoms with Crippen LogP contribution in [0.2, 0.25) is 18.1 Å². The summed E-state index contributed by atoms with van der Waals surface area (Å²) in [6.07, 6.45) is 14.5. The predicted octanol–water partition coefficient (Wildman–Crippen LogP) is 11.9. The average Bonchev–Trinajstić information content (AvgIpc) is 3.21. The number of hydrogen-bond donors (Lipinski definition) is 0. The van der Waals surface area contributed by atoms with Crippen molar-refractivity contribution in [2.45, 2.75) is 154 Å². The van der Waals surface area contributed by atoms with Crippen molar-refractivity contribution in [3.8, 4) is 0 Å². The molecule has 8 atom stereocenters. The topological polar surface area (TPSA) is 14.1 Å². The van der Waals surface area contributed by atoms with E-state index < -0.39 is 25.3 Å². The van der Waals surface area contributed by atoms with Crippen molar-refractivity contribution in [1.82, 2.24) is 0 Å². The number of nitrogens with zero attached hydrogens (tertiary/aromatic N) is 1. The molecule has 0 aromatic heterocycles. The third kappa shape index (κ3) is 10.3. The molecule has 3 rings (SSSR count). The normalized spacial score (nSPS) is 33.5. The first kappa shape index (κ1) is 35.8. The van der Waals surface area contributed by atoms with Gasteiger partial charge >= 0.3 is 35.6 Å². The number of thioether (sulfide) groups is 1. The summed E-state index contributed by atoms with van der Waals surface area (Å²) in [5.74, 6) is 3.75. The van der Waals surface area contributed by atoms with Gasteiger partial charge in [-0.15, -0.1) is 5.54 Å². The molecule has 3 aliphatic rings. The number of hydrogen-bond acceptors (Lipinski definition) is 1. The quantitative estimate of drug-likeness (QED) is 0.144. The molecule has 2 saturated carbocycles. The van der Waals surface area contributed by atoms with Crippen molar-refractivity contribution < 1.29 is 17.0 Å². The molecule has 36 heavy (non-hydrogen) atoms. The van der Waals surface area contributed by atoms with Gasteiger partial charge in [0.2, 0.25) is 0 Å². The van der Waals surface area contributed by atoms with Crippen LogP contribution in [0, 0.1) is 36.5 Å². The van der Waals surface area contributed by atoms with Gasteiger partial charge in [0, 0.05) is 10.5 Å². The average molecular weight is 613 g/mol. The van der Waals surface area contributed by atoms with Crippen molar-refractivity contribution in [3.05, 3.63) is 12.4 Å². The van der Waals surface area contributed by atoms with Gasteiger partial charge < -0.3 is 12.4 Å². The summed E-state index contributed by atoms with van der Waals surface area (Å²) in [6, 6.07) is 1.44. The molecular weight excluding hydrogens is 553 g/mol. The molecule has 1 nitrogen and oxygen atoms in total.